The molecule has 102 valence electrons. The first-order valence-corrected chi connectivity index (χ1v) is 5.65. The Hall–Kier alpha value is -2.81. The molecule has 0 aliphatic heterocycles. The molecule has 0 aliphatic carbocycles. The fraction of sp³-hybridized carbons (Fsp3) is 0. The smallest absolute Gasteiger partial charge is 0.342 e. The van der Waals surface area contributed by atoms with Crippen molar-refractivity contribution in [2.45, 2.75) is 0 Å². The highest BCUT2D eigenvalue weighted by Crippen LogP contribution is 2.15. The Bertz CT molecular complexity index is 823. The van der Waals surface area contributed by atoms with Crippen molar-refractivity contribution in [3.63, 3.8) is 0 Å². The molecule has 0 spiro atoms. The van der Waals surface area contributed by atoms with Crippen LogP contribution in [0.4, 0.5) is 5.69 Å². The van der Waals surface area contributed by atoms with E-state index in [0.29, 0.717) is 0 Å². The highest BCUT2D eigenvalue weighted by Gasteiger charge is 2.15. The second-order valence-corrected chi connectivity index (χ2v) is 4.12. The van der Waals surface area contributed by atoms with Gasteiger partial charge in [-0.2, -0.15) is 0 Å². The number of nitrogens with one attached hydrogen (secondary N) is 1. The summed E-state index contributed by atoms with van der Waals surface area (Å²) in [6, 6.07) is 5.19. The number of non-ortho nitro benzene ring substituents is 1. The third-order valence-electron chi connectivity index (χ3n) is 2.51. The maximum absolute atomic E-state index is 12.0. The van der Waals surface area contributed by atoms with Crippen molar-refractivity contribution in [1.29, 1.82) is 0 Å². The van der Waals surface area contributed by atoms with Gasteiger partial charge in [-0.05, 0) is 18.3 Å². The summed E-state index contributed by atoms with van der Waals surface area (Å²) in [5.41, 5.74) is -1.48. The molecule has 9 heteroatoms. The molecule has 0 radical (unpaired) electrons. The van der Waals surface area contributed by atoms with E-state index in [4.69, 9.17) is 17.3 Å². The first-order valence-electron chi connectivity index (χ1n) is 5.24. The summed E-state index contributed by atoms with van der Waals surface area (Å²) < 4.78 is 0.840. The normalized spacial score (nSPS) is 10.2. The summed E-state index contributed by atoms with van der Waals surface area (Å²) in [7, 11) is 0. The van der Waals surface area contributed by atoms with Crippen molar-refractivity contribution >= 4 is 23.9 Å². The predicted octanol–water partition coefficient (Wildman–Crippen LogP) is 1.50. The fourth-order valence-electron chi connectivity index (χ4n) is 1.61. The van der Waals surface area contributed by atoms with Gasteiger partial charge in [0.2, 0.25) is 0 Å². The lowest BCUT2D eigenvalue weighted by Crippen LogP contribution is -2.26. The Labute approximate surface area is 116 Å². The number of carboxylic acids is 1. The number of hydrogen-bond acceptors (Lipinski definition) is 5. The number of benzene rings is 1. The fourth-order valence-corrected chi connectivity index (χ4v) is 1.85. The first kappa shape index (κ1) is 13.6. The van der Waals surface area contributed by atoms with Crippen LogP contribution in [-0.2, 0) is 0 Å². The zero-order valence-electron chi connectivity index (χ0n) is 9.77. The number of nitro benzene ring substituents is 1. The minimum absolute atomic E-state index is 0.0551. The van der Waals surface area contributed by atoms with Crippen LogP contribution in [0.2, 0.25) is 0 Å². The van der Waals surface area contributed by atoms with Crippen LogP contribution in [0.25, 0.3) is 5.69 Å². The number of H-pyrrole nitrogens is 1. The highest BCUT2D eigenvalue weighted by atomic mass is 32.1. The summed E-state index contributed by atoms with van der Waals surface area (Å²) in [5.74, 6) is -1.42. The topological polar surface area (TPSA) is 118 Å². The van der Waals surface area contributed by atoms with E-state index in [0.717, 1.165) is 16.8 Å². The van der Waals surface area contributed by atoms with Gasteiger partial charge in [0.25, 0.3) is 11.2 Å². The molecule has 8 nitrogen and oxygen atoms in total. The SMILES string of the molecule is O=C(O)c1c[nH]c(=S)n(-c2cccc([N+](=O)[O-])c2)c1=O. The largest absolute Gasteiger partial charge is 0.477 e. The third-order valence-corrected chi connectivity index (χ3v) is 2.81. The summed E-state index contributed by atoms with van der Waals surface area (Å²) >= 11 is 4.92. The summed E-state index contributed by atoms with van der Waals surface area (Å²) in [5, 5.41) is 19.6. The third kappa shape index (κ3) is 2.34. The van der Waals surface area contributed by atoms with Crippen LogP contribution >= 0.6 is 12.2 Å². The van der Waals surface area contributed by atoms with Gasteiger partial charge in [0, 0.05) is 18.3 Å². The van der Waals surface area contributed by atoms with Crippen molar-refractivity contribution < 1.29 is 14.8 Å². The molecule has 1 aromatic carbocycles. The molecule has 20 heavy (non-hydrogen) atoms. The summed E-state index contributed by atoms with van der Waals surface area (Å²) in [4.78, 5) is 35.5. The molecule has 0 unspecified atom stereocenters. The lowest BCUT2D eigenvalue weighted by atomic mass is 10.2. The number of carboxylic acid groups (broad SMARTS) is 1. The quantitative estimate of drug-likeness (QED) is 0.503. The Morgan fingerprint density at radius 2 is 2.15 bits per heavy atom. The molecule has 1 aromatic heterocycles. The molecule has 0 atom stereocenters. The molecular formula is C11H7N3O5S. The van der Waals surface area contributed by atoms with E-state index in [1.54, 1.807) is 0 Å². The van der Waals surface area contributed by atoms with Gasteiger partial charge < -0.3 is 10.1 Å². The van der Waals surface area contributed by atoms with E-state index in [1.807, 2.05) is 0 Å². The Morgan fingerprint density at radius 3 is 2.75 bits per heavy atom. The molecule has 0 saturated carbocycles. The van der Waals surface area contributed by atoms with E-state index in [2.05, 4.69) is 4.98 Å². The van der Waals surface area contributed by atoms with E-state index in [1.165, 1.54) is 18.2 Å². The van der Waals surface area contributed by atoms with Crippen LogP contribution < -0.4 is 5.56 Å². The Kier molecular flexibility index (Phi) is 3.44. The number of aromatic nitrogens is 2. The molecule has 0 aliphatic rings. The van der Waals surface area contributed by atoms with Gasteiger partial charge in [-0.3, -0.25) is 19.5 Å². The molecule has 0 amide bonds. The number of rotatable bonds is 3. The number of carbonyl (C=O) groups is 1. The molecular weight excluding hydrogens is 286 g/mol. The molecule has 0 fully saturated rings. The van der Waals surface area contributed by atoms with E-state index in [-0.39, 0.29) is 16.1 Å². The molecule has 2 aromatic rings. The molecule has 2 rings (SSSR count). The van der Waals surface area contributed by atoms with Crippen molar-refractivity contribution in [2.24, 2.45) is 0 Å². The van der Waals surface area contributed by atoms with Gasteiger partial charge >= 0.3 is 5.97 Å². The Morgan fingerprint density at radius 1 is 1.45 bits per heavy atom. The monoisotopic (exact) mass is 293 g/mol. The van der Waals surface area contributed by atoms with Crippen LogP contribution in [0.15, 0.2) is 35.3 Å². The molecule has 0 bridgehead atoms. The van der Waals surface area contributed by atoms with Crippen molar-refractivity contribution in [2.75, 3.05) is 0 Å². The van der Waals surface area contributed by atoms with Crippen LogP contribution in [0, 0.1) is 14.9 Å². The summed E-state index contributed by atoms with van der Waals surface area (Å²) in [6.07, 6.45) is 0.987. The van der Waals surface area contributed by atoms with Crippen molar-refractivity contribution in [1.82, 2.24) is 9.55 Å². The van der Waals surface area contributed by atoms with E-state index >= 15 is 0 Å². The Balaban J connectivity index is 2.76. The minimum Gasteiger partial charge on any atom is -0.477 e. The second kappa shape index (κ2) is 5.05. The lowest BCUT2D eigenvalue weighted by Gasteiger charge is -2.06. The van der Waals surface area contributed by atoms with Gasteiger partial charge in [0.05, 0.1) is 10.6 Å². The zero-order valence-corrected chi connectivity index (χ0v) is 10.6. The average molecular weight is 293 g/mol. The number of aromatic amines is 1. The number of aromatic carboxylic acids is 1. The average Bonchev–Trinajstić information content (AvgIpc) is 2.38. The summed E-state index contributed by atoms with van der Waals surface area (Å²) in [6.45, 7) is 0. The lowest BCUT2D eigenvalue weighted by molar-refractivity contribution is -0.384. The number of nitrogens with zero attached hydrogens (tertiary/aromatic N) is 2. The van der Waals surface area contributed by atoms with Gasteiger partial charge in [0.1, 0.15) is 5.56 Å². The van der Waals surface area contributed by atoms with Gasteiger partial charge in [-0.25, -0.2) is 4.79 Å². The molecule has 2 N–H and O–H groups in total. The highest BCUT2D eigenvalue weighted by molar-refractivity contribution is 7.71. The van der Waals surface area contributed by atoms with Gasteiger partial charge in [0.15, 0.2) is 4.77 Å². The second-order valence-electron chi connectivity index (χ2n) is 3.73. The standard InChI is InChI=1S/C11H7N3O5S/c15-9-8(10(16)17)5-12-11(20)13(9)6-2-1-3-7(4-6)14(18)19/h1-5H,(H,12,20)(H,16,17). The van der Waals surface area contributed by atoms with Gasteiger partial charge in [-0.1, -0.05) is 6.07 Å². The zero-order chi connectivity index (χ0) is 14.9. The maximum Gasteiger partial charge on any atom is 0.342 e. The maximum atomic E-state index is 12.0. The van der Waals surface area contributed by atoms with Crippen LogP contribution in [0.3, 0.4) is 0 Å². The van der Waals surface area contributed by atoms with E-state index < -0.39 is 22.0 Å². The first-order chi connectivity index (χ1) is 9.41. The van der Waals surface area contributed by atoms with Gasteiger partial charge in [-0.15, -0.1) is 0 Å². The van der Waals surface area contributed by atoms with Crippen LogP contribution in [0.5, 0.6) is 0 Å². The van der Waals surface area contributed by atoms with Crippen LogP contribution in [0.1, 0.15) is 10.4 Å². The molecule has 0 saturated heterocycles. The molecule has 1 heterocycles. The number of nitro groups is 1. The van der Waals surface area contributed by atoms with Crippen LogP contribution in [-0.4, -0.2) is 25.6 Å². The number of hydrogen-bond donors (Lipinski definition) is 2. The van der Waals surface area contributed by atoms with Crippen molar-refractivity contribution in [3.8, 4) is 5.69 Å². The van der Waals surface area contributed by atoms with E-state index in [9.17, 15) is 19.7 Å². The minimum atomic E-state index is -1.42. The predicted molar refractivity (Wildman–Crippen MR) is 70.8 cm³/mol. The van der Waals surface area contributed by atoms with Crippen molar-refractivity contribution in [3.05, 3.63) is 61.3 Å².